The molecule has 0 aliphatic heterocycles. The molecule has 0 saturated carbocycles. The highest BCUT2D eigenvalue weighted by molar-refractivity contribution is 6.30. The Morgan fingerprint density at radius 1 is 1.04 bits per heavy atom. The van der Waals surface area contributed by atoms with Crippen molar-refractivity contribution in [3.05, 3.63) is 70.9 Å². The Bertz CT molecular complexity index is 893. The Balaban J connectivity index is 2.49. The lowest BCUT2D eigenvalue weighted by molar-refractivity contribution is -0.116. The molecule has 2 aromatic carbocycles. The average molecular weight is 351 g/mol. The smallest absolute Gasteiger partial charge is 0.218 e. The fourth-order valence-corrected chi connectivity index (χ4v) is 1.97. The van der Waals surface area contributed by atoms with Gasteiger partial charge in [0.1, 0.15) is 0 Å². The Kier molecular flexibility index (Phi) is 6.00. The standard InChI is InChI=1S/C18H11ClN4O2/c19-14-6-8-15(9-7-14)22-23-16(18(25)13(10-20)11-21)17(24)12-4-2-1-3-5-12/h1-9,13,24H/b17-16-,23-22?. The third kappa shape index (κ3) is 4.51. The molecule has 0 bridgehead atoms. The predicted molar refractivity (Wildman–Crippen MR) is 91.7 cm³/mol. The van der Waals surface area contributed by atoms with Gasteiger partial charge in [0, 0.05) is 10.6 Å². The summed E-state index contributed by atoms with van der Waals surface area (Å²) in [6.45, 7) is 0. The first-order chi connectivity index (χ1) is 12.1. The molecule has 0 aliphatic carbocycles. The summed E-state index contributed by atoms with van der Waals surface area (Å²) in [6.07, 6.45) is 0. The fourth-order valence-electron chi connectivity index (χ4n) is 1.84. The lowest BCUT2D eigenvalue weighted by Crippen LogP contribution is -2.13. The van der Waals surface area contributed by atoms with E-state index in [0.717, 1.165) is 0 Å². The molecule has 2 aromatic rings. The highest BCUT2D eigenvalue weighted by atomic mass is 35.5. The number of hydrogen-bond acceptors (Lipinski definition) is 6. The Labute approximate surface area is 148 Å². The second-order valence-corrected chi connectivity index (χ2v) is 5.23. The number of aliphatic hydroxyl groups excluding tert-OH is 1. The number of halogens is 1. The molecule has 0 heterocycles. The number of carbonyl (C=O) groups is 1. The summed E-state index contributed by atoms with van der Waals surface area (Å²) in [4.78, 5) is 12.4. The number of carbonyl (C=O) groups excluding carboxylic acids is 1. The number of hydrogen-bond donors (Lipinski definition) is 1. The first-order valence-corrected chi connectivity index (χ1v) is 7.44. The van der Waals surface area contributed by atoms with E-state index < -0.39 is 23.2 Å². The lowest BCUT2D eigenvalue weighted by atomic mass is 10.0. The quantitative estimate of drug-likeness (QED) is 0.483. The largest absolute Gasteiger partial charge is 0.505 e. The van der Waals surface area contributed by atoms with E-state index in [1.165, 1.54) is 0 Å². The average Bonchev–Trinajstić information content (AvgIpc) is 2.65. The van der Waals surface area contributed by atoms with Crippen LogP contribution in [-0.2, 0) is 4.79 Å². The van der Waals surface area contributed by atoms with Crippen molar-refractivity contribution >= 4 is 28.8 Å². The minimum Gasteiger partial charge on any atom is -0.505 e. The van der Waals surface area contributed by atoms with E-state index >= 15 is 0 Å². The number of benzene rings is 2. The number of nitriles is 2. The maximum absolute atomic E-state index is 12.4. The van der Waals surface area contributed by atoms with Crippen LogP contribution in [0, 0.1) is 28.6 Å². The summed E-state index contributed by atoms with van der Waals surface area (Å²) in [5.41, 5.74) is 0.241. The molecule has 25 heavy (non-hydrogen) atoms. The number of ketones is 1. The molecule has 0 aliphatic rings. The van der Waals surface area contributed by atoms with Crippen LogP contribution in [0.2, 0.25) is 5.02 Å². The topological polar surface area (TPSA) is 110 Å². The van der Waals surface area contributed by atoms with E-state index in [-0.39, 0.29) is 0 Å². The molecule has 0 unspecified atom stereocenters. The number of aliphatic hydroxyl groups is 1. The molecular weight excluding hydrogens is 340 g/mol. The maximum atomic E-state index is 12.4. The van der Waals surface area contributed by atoms with Crippen LogP contribution in [0.1, 0.15) is 5.56 Å². The van der Waals surface area contributed by atoms with E-state index in [4.69, 9.17) is 22.1 Å². The zero-order valence-electron chi connectivity index (χ0n) is 12.8. The van der Waals surface area contributed by atoms with Gasteiger partial charge in [0.15, 0.2) is 17.4 Å². The summed E-state index contributed by atoms with van der Waals surface area (Å²) < 4.78 is 0. The summed E-state index contributed by atoms with van der Waals surface area (Å²) in [5.74, 6) is -2.98. The number of rotatable bonds is 5. The molecule has 0 radical (unpaired) electrons. The molecule has 0 aromatic heterocycles. The Morgan fingerprint density at radius 2 is 1.64 bits per heavy atom. The molecule has 122 valence electrons. The van der Waals surface area contributed by atoms with Gasteiger partial charge in [0.2, 0.25) is 5.78 Å². The van der Waals surface area contributed by atoms with Gasteiger partial charge >= 0.3 is 0 Å². The van der Waals surface area contributed by atoms with Gasteiger partial charge in [-0.2, -0.15) is 15.6 Å². The van der Waals surface area contributed by atoms with Gasteiger partial charge in [-0.05, 0) is 24.3 Å². The van der Waals surface area contributed by atoms with E-state index in [0.29, 0.717) is 16.3 Å². The van der Waals surface area contributed by atoms with Crippen molar-refractivity contribution in [1.29, 1.82) is 10.5 Å². The third-order valence-corrected chi connectivity index (χ3v) is 3.37. The van der Waals surface area contributed by atoms with Gasteiger partial charge in [-0.25, -0.2) is 0 Å². The molecule has 6 nitrogen and oxygen atoms in total. The monoisotopic (exact) mass is 350 g/mol. The molecule has 0 amide bonds. The van der Waals surface area contributed by atoms with Gasteiger partial charge in [-0.1, -0.05) is 41.9 Å². The van der Waals surface area contributed by atoms with Crippen LogP contribution in [0.15, 0.2) is 70.5 Å². The zero-order chi connectivity index (χ0) is 18.2. The third-order valence-electron chi connectivity index (χ3n) is 3.12. The van der Waals surface area contributed by atoms with Crippen LogP contribution < -0.4 is 0 Å². The summed E-state index contributed by atoms with van der Waals surface area (Å²) in [7, 11) is 0. The van der Waals surface area contributed by atoms with Crippen LogP contribution in [0.5, 0.6) is 0 Å². The first kappa shape index (κ1) is 17.9. The molecule has 0 atom stereocenters. The van der Waals surface area contributed by atoms with Gasteiger partial charge in [-0.15, -0.1) is 5.11 Å². The Hall–Kier alpha value is -3.48. The van der Waals surface area contributed by atoms with Crippen molar-refractivity contribution in [3.63, 3.8) is 0 Å². The van der Waals surface area contributed by atoms with Gasteiger partial charge < -0.3 is 5.11 Å². The summed E-state index contributed by atoms with van der Waals surface area (Å²) in [6, 6.07) is 17.6. The fraction of sp³-hybridized carbons (Fsp3) is 0.0556. The van der Waals surface area contributed by atoms with Crippen molar-refractivity contribution in [2.24, 2.45) is 16.1 Å². The number of allylic oxidation sites excluding steroid dienone is 1. The zero-order valence-corrected chi connectivity index (χ0v) is 13.6. The normalized spacial score (nSPS) is 11.7. The Morgan fingerprint density at radius 3 is 2.20 bits per heavy atom. The van der Waals surface area contributed by atoms with E-state index in [1.54, 1.807) is 66.7 Å². The van der Waals surface area contributed by atoms with Crippen LogP contribution in [0.4, 0.5) is 5.69 Å². The van der Waals surface area contributed by atoms with Crippen molar-refractivity contribution in [3.8, 4) is 12.1 Å². The predicted octanol–water partition coefficient (Wildman–Crippen LogP) is 4.58. The lowest BCUT2D eigenvalue weighted by Gasteiger charge is -2.05. The van der Waals surface area contributed by atoms with Crippen LogP contribution >= 0.6 is 11.6 Å². The molecule has 0 fully saturated rings. The first-order valence-electron chi connectivity index (χ1n) is 7.06. The minimum absolute atomic E-state index is 0.315. The van der Waals surface area contributed by atoms with Crippen molar-refractivity contribution in [2.45, 2.75) is 0 Å². The van der Waals surface area contributed by atoms with Crippen LogP contribution in [0.3, 0.4) is 0 Å². The SMILES string of the molecule is N#CC(C#N)C(=O)/C(N=Nc1ccc(Cl)cc1)=C(/O)c1ccccc1. The number of Topliss-reactive ketones (excluding diaryl/α,β-unsaturated/α-hetero) is 1. The molecule has 1 N–H and O–H groups in total. The highest BCUT2D eigenvalue weighted by Gasteiger charge is 2.25. The number of nitrogens with zero attached hydrogens (tertiary/aromatic N) is 4. The molecule has 0 spiro atoms. The summed E-state index contributed by atoms with van der Waals surface area (Å²) in [5, 5.41) is 36.4. The van der Waals surface area contributed by atoms with E-state index in [2.05, 4.69) is 10.2 Å². The maximum Gasteiger partial charge on any atom is 0.218 e. The molecule has 7 heteroatoms. The van der Waals surface area contributed by atoms with Gasteiger partial charge in [0.05, 0.1) is 17.8 Å². The number of azo groups is 1. The summed E-state index contributed by atoms with van der Waals surface area (Å²) >= 11 is 5.79. The molecular formula is C18H11ClN4O2. The van der Waals surface area contributed by atoms with Crippen molar-refractivity contribution in [1.82, 2.24) is 0 Å². The van der Waals surface area contributed by atoms with E-state index in [9.17, 15) is 9.90 Å². The van der Waals surface area contributed by atoms with Crippen LogP contribution in [-0.4, -0.2) is 10.9 Å². The molecule has 0 saturated heterocycles. The minimum atomic E-state index is -1.59. The second kappa shape index (κ2) is 8.39. The van der Waals surface area contributed by atoms with E-state index in [1.807, 2.05) is 0 Å². The van der Waals surface area contributed by atoms with Crippen LogP contribution in [0.25, 0.3) is 5.76 Å². The van der Waals surface area contributed by atoms with Gasteiger partial charge in [0.25, 0.3) is 0 Å². The van der Waals surface area contributed by atoms with Crippen molar-refractivity contribution < 1.29 is 9.90 Å². The highest BCUT2D eigenvalue weighted by Crippen LogP contribution is 2.23. The van der Waals surface area contributed by atoms with Crippen molar-refractivity contribution in [2.75, 3.05) is 0 Å². The van der Waals surface area contributed by atoms with Gasteiger partial charge in [-0.3, -0.25) is 4.79 Å². The second-order valence-electron chi connectivity index (χ2n) is 4.80. The molecule has 2 rings (SSSR count).